The zero-order chi connectivity index (χ0) is 15.6. The van der Waals surface area contributed by atoms with E-state index < -0.39 is 0 Å². The van der Waals surface area contributed by atoms with Gasteiger partial charge in [-0.25, -0.2) is 4.98 Å². The van der Waals surface area contributed by atoms with Crippen LogP contribution < -0.4 is 5.43 Å². The van der Waals surface area contributed by atoms with Crippen molar-refractivity contribution in [3.63, 3.8) is 0 Å². The fraction of sp³-hybridized carbons (Fsp3) is 0.176. The first-order valence-corrected chi connectivity index (χ1v) is 8.67. The molecule has 3 aromatic rings. The first-order valence-electron chi connectivity index (χ1n) is 7.41. The molecule has 0 aliphatic heterocycles. The van der Waals surface area contributed by atoms with Crippen molar-refractivity contribution in [1.82, 2.24) is 4.98 Å². The number of fused-ring (bicyclic) bond motifs is 1. The molecule has 2 heterocycles. The molecular weight excluding hydrogens is 330 g/mol. The van der Waals surface area contributed by atoms with Gasteiger partial charge < -0.3 is 4.42 Å². The summed E-state index contributed by atoms with van der Waals surface area (Å²) >= 11 is 7.73. The van der Waals surface area contributed by atoms with E-state index in [1.54, 1.807) is 6.26 Å². The standard InChI is InChI=1S/C17H14ClN3OS/c18-13-5-2-1-4-11(13)15-10-23-17(19-15)21-20-14-6-3-7-16-12(14)8-9-22-16/h1-2,4-5,8-10H,3,6-7H2,(H,19,21)/b20-14-. The number of furan rings is 1. The molecule has 1 N–H and O–H groups in total. The lowest BCUT2D eigenvalue weighted by molar-refractivity contribution is 0.498. The Balaban J connectivity index is 1.56. The first kappa shape index (κ1) is 14.5. The summed E-state index contributed by atoms with van der Waals surface area (Å²) in [7, 11) is 0. The molecule has 0 spiro atoms. The van der Waals surface area contributed by atoms with E-state index in [0.29, 0.717) is 5.02 Å². The zero-order valence-electron chi connectivity index (χ0n) is 12.3. The molecule has 4 rings (SSSR count). The van der Waals surface area contributed by atoms with Gasteiger partial charge in [-0.15, -0.1) is 11.3 Å². The average Bonchev–Trinajstić information content (AvgIpc) is 3.22. The number of nitrogens with zero attached hydrogens (tertiary/aromatic N) is 2. The number of hydrogen-bond donors (Lipinski definition) is 1. The molecule has 4 nitrogen and oxygen atoms in total. The monoisotopic (exact) mass is 343 g/mol. The zero-order valence-corrected chi connectivity index (χ0v) is 13.8. The Labute approximate surface area is 142 Å². The van der Waals surface area contributed by atoms with E-state index in [-0.39, 0.29) is 0 Å². The van der Waals surface area contributed by atoms with Gasteiger partial charge in [0.1, 0.15) is 5.76 Å². The van der Waals surface area contributed by atoms with Crippen LogP contribution in [0.1, 0.15) is 24.2 Å². The third-order valence-corrected chi connectivity index (χ3v) is 4.89. The Morgan fingerprint density at radius 2 is 2.09 bits per heavy atom. The number of aryl methyl sites for hydroxylation is 1. The largest absolute Gasteiger partial charge is 0.469 e. The smallest absolute Gasteiger partial charge is 0.203 e. The quantitative estimate of drug-likeness (QED) is 0.664. The minimum Gasteiger partial charge on any atom is -0.469 e. The van der Waals surface area contributed by atoms with E-state index in [9.17, 15) is 0 Å². The number of nitrogens with one attached hydrogen (secondary N) is 1. The molecule has 0 amide bonds. The minimum atomic E-state index is 0.700. The summed E-state index contributed by atoms with van der Waals surface area (Å²) in [5.74, 6) is 1.02. The number of aromatic nitrogens is 1. The van der Waals surface area contributed by atoms with E-state index in [1.807, 2.05) is 35.7 Å². The van der Waals surface area contributed by atoms with Gasteiger partial charge in [-0.2, -0.15) is 5.10 Å². The molecule has 0 fully saturated rings. The van der Waals surface area contributed by atoms with E-state index in [2.05, 4.69) is 15.5 Å². The van der Waals surface area contributed by atoms with Crippen molar-refractivity contribution in [2.45, 2.75) is 19.3 Å². The van der Waals surface area contributed by atoms with Crippen molar-refractivity contribution >= 4 is 33.8 Å². The molecule has 0 saturated heterocycles. The summed E-state index contributed by atoms with van der Waals surface area (Å²) in [6, 6.07) is 9.68. The Hall–Kier alpha value is -2.11. The van der Waals surface area contributed by atoms with Crippen LogP contribution in [0.4, 0.5) is 5.13 Å². The molecule has 0 unspecified atom stereocenters. The van der Waals surface area contributed by atoms with Gasteiger partial charge in [-0.1, -0.05) is 29.8 Å². The van der Waals surface area contributed by atoms with Gasteiger partial charge >= 0.3 is 0 Å². The van der Waals surface area contributed by atoms with Crippen LogP contribution in [0.15, 0.2) is 51.5 Å². The maximum atomic E-state index is 6.22. The molecule has 1 aliphatic carbocycles. The van der Waals surface area contributed by atoms with Gasteiger partial charge in [0.05, 0.1) is 17.7 Å². The molecule has 0 bridgehead atoms. The first-order chi connectivity index (χ1) is 11.3. The predicted octanol–water partition coefficient (Wildman–Crippen LogP) is 5.21. The SMILES string of the molecule is Clc1ccccc1-c1csc(N/N=C2/CCCc3occc32)n1. The highest BCUT2D eigenvalue weighted by Crippen LogP contribution is 2.30. The Morgan fingerprint density at radius 1 is 1.17 bits per heavy atom. The lowest BCUT2D eigenvalue weighted by Gasteiger charge is -2.12. The van der Waals surface area contributed by atoms with Crippen molar-refractivity contribution in [3.05, 3.63) is 58.3 Å². The predicted molar refractivity (Wildman–Crippen MR) is 94.4 cm³/mol. The van der Waals surface area contributed by atoms with Gasteiger partial charge in [0.25, 0.3) is 0 Å². The number of hydrogen-bond acceptors (Lipinski definition) is 5. The minimum absolute atomic E-state index is 0.700. The lowest BCUT2D eigenvalue weighted by atomic mass is 9.97. The highest BCUT2D eigenvalue weighted by Gasteiger charge is 2.18. The van der Waals surface area contributed by atoms with Crippen LogP contribution in [0.2, 0.25) is 5.02 Å². The molecule has 0 radical (unpaired) electrons. The van der Waals surface area contributed by atoms with Crippen molar-refractivity contribution in [2.24, 2.45) is 5.10 Å². The van der Waals surface area contributed by atoms with Crippen LogP contribution in [0.3, 0.4) is 0 Å². The summed E-state index contributed by atoms with van der Waals surface area (Å²) in [6.07, 6.45) is 4.71. The van der Waals surface area contributed by atoms with E-state index in [4.69, 9.17) is 16.0 Å². The second-order valence-electron chi connectivity index (χ2n) is 5.30. The van der Waals surface area contributed by atoms with Crippen LogP contribution in [0, 0.1) is 0 Å². The highest BCUT2D eigenvalue weighted by molar-refractivity contribution is 7.14. The van der Waals surface area contributed by atoms with Crippen LogP contribution >= 0.6 is 22.9 Å². The van der Waals surface area contributed by atoms with Gasteiger partial charge in [-0.05, 0) is 25.0 Å². The van der Waals surface area contributed by atoms with Gasteiger partial charge in [0.15, 0.2) is 0 Å². The number of halogens is 1. The fourth-order valence-electron chi connectivity index (χ4n) is 2.69. The molecule has 116 valence electrons. The number of benzene rings is 1. The number of rotatable bonds is 3. The maximum Gasteiger partial charge on any atom is 0.203 e. The topological polar surface area (TPSA) is 50.4 Å². The van der Waals surface area contributed by atoms with E-state index in [0.717, 1.165) is 52.7 Å². The van der Waals surface area contributed by atoms with Crippen LogP contribution in [0.5, 0.6) is 0 Å². The summed E-state index contributed by atoms with van der Waals surface area (Å²) in [5, 5.41) is 7.95. The van der Waals surface area contributed by atoms with Crippen LogP contribution in [-0.2, 0) is 6.42 Å². The second-order valence-corrected chi connectivity index (χ2v) is 6.56. The van der Waals surface area contributed by atoms with Gasteiger partial charge in [0.2, 0.25) is 5.13 Å². The lowest BCUT2D eigenvalue weighted by Crippen LogP contribution is -2.11. The molecule has 23 heavy (non-hydrogen) atoms. The third kappa shape index (κ3) is 2.90. The second kappa shape index (κ2) is 6.18. The molecule has 1 aliphatic rings. The Bertz CT molecular complexity index is 868. The maximum absolute atomic E-state index is 6.22. The van der Waals surface area contributed by atoms with Crippen LogP contribution in [-0.4, -0.2) is 10.7 Å². The molecule has 0 atom stereocenters. The number of hydrazone groups is 1. The third-order valence-electron chi connectivity index (χ3n) is 3.81. The van der Waals surface area contributed by atoms with Crippen molar-refractivity contribution < 1.29 is 4.42 Å². The Kier molecular flexibility index (Phi) is 3.89. The normalized spacial score (nSPS) is 15.6. The van der Waals surface area contributed by atoms with Crippen LogP contribution in [0.25, 0.3) is 11.3 Å². The van der Waals surface area contributed by atoms with Gasteiger partial charge in [-0.3, -0.25) is 5.43 Å². The van der Waals surface area contributed by atoms with Gasteiger partial charge in [0, 0.05) is 28.0 Å². The van der Waals surface area contributed by atoms with Crippen molar-refractivity contribution in [1.29, 1.82) is 0 Å². The van der Waals surface area contributed by atoms with Crippen molar-refractivity contribution in [2.75, 3.05) is 5.43 Å². The molecule has 0 saturated carbocycles. The highest BCUT2D eigenvalue weighted by atomic mass is 35.5. The number of thiazole rings is 1. The van der Waals surface area contributed by atoms with E-state index >= 15 is 0 Å². The summed E-state index contributed by atoms with van der Waals surface area (Å²) < 4.78 is 5.48. The number of anilines is 1. The van der Waals surface area contributed by atoms with Crippen molar-refractivity contribution in [3.8, 4) is 11.3 Å². The molecule has 2 aromatic heterocycles. The summed E-state index contributed by atoms with van der Waals surface area (Å²) in [5.41, 5.74) is 6.98. The summed E-state index contributed by atoms with van der Waals surface area (Å²) in [4.78, 5) is 4.56. The fourth-order valence-corrected chi connectivity index (χ4v) is 3.58. The van der Waals surface area contributed by atoms with E-state index in [1.165, 1.54) is 11.3 Å². The Morgan fingerprint density at radius 3 is 3.00 bits per heavy atom. The molecule has 6 heteroatoms. The molecule has 1 aromatic carbocycles. The molecular formula is C17H14ClN3OS. The average molecular weight is 344 g/mol. The summed E-state index contributed by atoms with van der Waals surface area (Å²) in [6.45, 7) is 0.